The molecule has 1 unspecified atom stereocenters. The highest BCUT2D eigenvalue weighted by Gasteiger charge is 2.31. The number of esters is 1. The molecule has 0 radical (unpaired) electrons. The molecule has 2 atom stereocenters. The lowest BCUT2D eigenvalue weighted by Crippen LogP contribution is -2.31. The van der Waals surface area contributed by atoms with Crippen molar-refractivity contribution >= 4 is 5.97 Å². The van der Waals surface area contributed by atoms with Crippen LogP contribution in [0.1, 0.15) is 24.1 Å². The van der Waals surface area contributed by atoms with E-state index in [0.717, 1.165) is 24.3 Å². The lowest BCUT2D eigenvalue weighted by molar-refractivity contribution is -0.150. The summed E-state index contributed by atoms with van der Waals surface area (Å²) in [4.78, 5) is 11.1. The van der Waals surface area contributed by atoms with Crippen LogP contribution in [0.15, 0.2) is 24.3 Å². The third-order valence-electron chi connectivity index (χ3n) is 2.45. The van der Waals surface area contributed by atoms with Crippen LogP contribution in [-0.2, 0) is 15.7 Å². The lowest BCUT2D eigenvalue weighted by atomic mass is 10.0. The average Bonchev–Trinajstić information content (AvgIpc) is 2.36. The Kier molecular flexibility index (Phi) is 4.88. The van der Waals surface area contributed by atoms with Crippen LogP contribution in [0.25, 0.3) is 0 Å². The van der Waals surface area contributed by atoms with E-state index in [1.807, 2.05) is 0 Å². The first kappa shape index (κ1) is 15.4. The molecule has 0 fully saturated rings. The third-order valence-corrected chi connectivity index (χ3v) is 2.45. The van der Waals surface area contributed by atoms with Crippen LogP contribution in [-0.4, -0.2) is 18.7 Å². The van der Waals surface area contributed by atoms with Crippen molar-refractivity contribution in [2.75, 3.05) is 6.61 Å². The number of ether oxygens (including phenoxy) is 1. The number of halogens is 4. The number of hydrogen-bond donors (Lipinski definition) is 1. The normalized spacial score (nSPS) is 14.8. The summed E-state index contributed by atoms with van der Waals surface area (Å²) in [5.41, 5.74) is 4.70. The van der Waals surface area contributed by atoms with Crippen molar-refractivity contribution in [2.45, 2.75) is 25.3 Å². The molecule has 0 spiro atoms. The molecular formula is C12H13F4NO2. The molecule has 106 valence electrons. The summed E-state index contributed by atoms with van der Waals surface area (Å²) < 4.78 is 55.0. The summed E-state index contributed by atoms with van der Waals surface area (Å²) in [6.07, 6.45) is -6.59. The second kappa shape index (κ2) is 6.01. The van der Waals surface area contributed by atoms with Crippen molar-refractivity contribution in [3.63, 3.8) is 0 Å². The molecule has 1 aromatic rings. The summed E-state index contributed by atoms with van der Waals surface area (Å²) >= 11 is 0. The Hall–Kier alpha value is -1.63. The Bertz CT molecular complexity index is 430. The maximum atomic E-state index is 13.6. The van der Waals surface area contributed by atoms with E-state index in [0.29, 0.717) is 0 Å². The van der Waals surface area contributed by atoms with Gasteiger partial charge in [0, 0.05) is 0 Å². The minimum atomic E-state index is -4.47. The minimum absolute atomic E-state index is 0.00101. The summed E-state index contributed by atoms with van der Waals surface area (Å²) in [7, 11) is 0. The first-order valence-corrected chi connectivity index (χ1v) is 5.50. The van der Waals surface area contributed by atoms with Crippen molar-refractivity contribution in [1.29, 1.82) is 0 Å². The van der Waals surface area contributed by atoms with Gasteiger partial charge in [-0.3, -0.25) is 0 Å². The Labute approximate surface area is 107 Å². The van der Waals surface area contributed by atoms with Gasteiger partial charge in [-0.15, -0.1) is 0 Å². The maximum absolute atomic E-state index is 13.6. The van der Waals surface area contributed by atoms with E-state index in [4.69, 9.17) is 5.73 Å². The predicted octanol–water partition coefficient (Wildman–Crippen LogP) is 2.61. The van der Waals surface area contributed by atoms with Gasteiger partial charge in [0.15, 0.2) is 0 Å². The van der Waals surface area contributed by atoms with Crippen LogP contribution >= 0.6 is 0 Å². The number of carbonyl (C=O) groups is 1. The number of rotatable bonds is 4. The van der Waals surface area contributed by atoms with Crippen LogP contribution in [0, 0.1) is 0 Å². The molecule has 0 aliphatic heterocycles. The van der Waals surface area contributed by atoms with Gasteiger partial charge in [-0.05, 0) is 24.6 Å². The molecule has 7 heteroatoms. The highest BCUT2D eigenvalue weighted by atomic mass is 19.4. The van der Waals surface area contributed by atoms with Crippen LogP contribution in [0.2, 0.25) is 0 Å². The summed E-state index contributed by atoms with van der Waals surface area (Å²) in [6, 6.07) is 2.29. The number of hydrogen-bond acceptors (Lipinski definition) is 3. The van der Waals surface area contributed by atoms with Crippen LogP contribution in [0.5, 0.6) is 0 Å². The maximum Gasteiger partial charge on any atom is 0.416 e. The predicted molar refractivity (Wildman–Crippen MR) is 59.9 cm³/mol. The molecular weight excluding hydrogens is 266 g/mol. The molecule has 3 nitrogen and oxygen atoms in total. The Morgan fingerprint density at radius 2 is 1.84 bits per heavy atom. The van der Waals surface area contributed by atoms with Crippen molar-refractivity contribution in [3.05, 3.63) is 35.4 Å². The molecule has 0 heterocycles. The largest absolute Gasteiger partial charge is 0.464 e. The standard InChI is InChI=1S/C12H13F4NO2/c1-2-19-11(18)9(13)10(17)7-3-5-8(6-4-7)12(14,15)16/h3-6,9-10H,2,17H2,1H3/t9?,10-/m0/s1. The minimum Gasteiger partial charge on any atom is -0.464 e. The Balaban J connectivity index is 2.83. The molecule has 19 heavy (non-hydrogen) atoms. The second-order valence-electron chi connectivity index (χ2n) is 3.80. The molecule has 0 saturated carbocycles. The van der Waals surface area contributed by atoms with Gasteiger partial charge < -0.3 is 10.5 Å². The monoisotopic (exact) mass is 279 g/mol. The Morgan fingerprint density at radius 3 is 2.26 bits per heavy atom. The Morgan fingerprint density at radius 1 is 1.32 bits per heavy atom. The van der Waals surface area contributed by atoms with Gasteiger partial charge in [0.1, 0.15) is 0 Å². The topological polar surface area (TPSA) is 52.3 Å². The number of carbonyl (C=O) groups excluding carboxylic acids is 1. The fourth-order valence-electron chi connectivity index (χ4n) is 1.43. The van der Waals surface area contributed by atoms with Gasteiger partial charge in [-0.1, -0.05) is 12.1 Å². The molecule has 0 bridgehead atoms. The van der Waals surface area contributed by atoms with Gasteiger partial charge in [-0.2, -0.15) is 13.2 Å². The molecule has 2 N–H and O–H groups in total. The van der Waals surface area contributed by atoms with Crippen molar-refractivity contribution < 1.29 is 27.1 Å². The molecule has 1 aromatic carbocycles. The molecule has 0 aromatic heterocycles. The third kappa shape index (κ3) is 3.92. The number of nitrogens with two attached hydrogens (primary N) is 1. The van der Waals surface area contributed by atoms with Crippen LogP contribution in [0.3, 0.4) is 0 Å². The molecule has 0 aliphatic carbocycles. The van der Waals surface area contributed by atoms with Gasteiger partial charge in [0.05, 0.1) is 18.2 Å². The zero-order chi connectivity index (χ0) is 14.6. The summed E-state index contributed by atoms with van der Waals surface area (Å²) in [6.45, 7) is 1.51. The summed E-state index contributed by atoms with van der Waals surface area (Å²) in [5, 5.41) is 0. The summed E-state index contributed by atoms with van der Waals surface area (Å²) in [5.74, 6) is -1.13. The van der Waals surface area contributed by atoms with Gasteiger partial charge >= 0.3 is 12.1 Å². The van der Waals surface area contributed by atoms with Gasteiger partial charge in [-0.25, -0.2) is 9.18 Å². The first-order valence-electron chi connectivity index (χ1n) is 5.50. The highest BCUT2D eigenvalue weighted by Crippen LogP contribution is 2.30. The fraction of sp³-hybridized carbons (Fsp3) is 0.417. The SMILES string of the molecule is CCOC(=O)C(F)[C@@H](N)c1ccc(C(F)(F)F)cc1. The zero-order valence-corrected chi connectivity index (χ0v) is 10.1. The van der Waals surface area contributed by atoms with E-state index in [1.54, 1.807) is 0 Å². The van der Waals surface area contributed by atoms with E-state index in [9.17, 15) is 22.4 Å². The quantitative estimate of drug-likeness (QED) is 0.681. The molecule has 1 rings (SSSR count). The van der Waals surface area contributed by atoms with E-state index in [2.05, 4.69) is 4.74 Å². The number of benzene rings is 1. The average molecular weight is 279 g/mol. The molecule has 0 aliphatic rings. The van der Waals surface area contributed by atoms with E-state index >= 15 is 0 Å². The first-order chi connectivity index (χ1) is 8.77. The van der Waals surface area contributed by atoms with Gasteiger partial charge in [0.25, 0.3) is 0 Å². The smallest absolute Gasteiger partial charge is 0.416 e. The molecule has 0 amide bonds. The van der Waals surface area contributed by atoms with Crippen molar-refractivity contribution in [3.8, 4) is 0 Å². The lowest BCUT2D eigenvalue weighted by Gasteiger charge is -2.16. The van der Waals surface area contributed by atoms with Crippen LogP contribution < -0.4 is 5.73 Å². The fourth-order valence-corrected chi connectivity index (χ4v) is 1.43. The van der Waals surface area contributed by atoms with Crippen molar-refractivity contribution in [2.24, 2.45) is 5.73 Å². The van der Waals surface area contributed by atoms with E-state index < -0.39 is 29.9 Å². The highest BCUT2D eigenvalue weighted by molar-refractivity contribution is 5.75. The van der Waals surface area contributed by atoms with E-state index in [1.165, 1.54) is 6.92 Å². The zero-order valence-electron chi connectivity index (χ0n) is 10.1. The van der Waals surface area contributed by atoms with E-state index in [-0.39, 0.29) is 12.2 Å². The van der Waals surface area contributed by atoms with Gasteiger partial charge in [0.2, 0.25) is 6.17 Å². The number of alkyl halides is 4. The van der Waals surface area contributed by atoms with Crippen LogP contribution in [0.4, 0.5) is 17.6 Å². The second-order valence-corrected chi connectivity index (χ2v) is 3.80. The molecule has 0 saturated heterocycles. The van der Waals surface area contributed by atoms with Crippen molar-refractivity contribution in [1.82, 2.24) is 0 Å².